The topological polar surface area (TPSA) is 109 Å². The lowest BCUT2D eigenvalue weighted by molar-refractivity contribution is -0.124. The SMILES string of the molecule is CNc1cc2c(NC(C)(C)C(=O)NCCF)n(Cc3c[nH]c4ncccc34)nc2cc1OC. The van der Waals surface area contributed by atoms with Gasteiger partial charge in [0, 0.05) is 48.4 Å². The van der Waals surface area contributed by atoms with E-state index < -0.39 is 12.2 Å². The Labute approximate surface area is 190 Å². The molecule has 0 atom stereocenters. The van der Waals surface area contributed by atoms with Crippen molar-refractivity contribution in [3.05, 3.63) is 42.2 Å². The van der Waals surface area contributed by atoms with Crippen molar-refractivity contribution in [3.63, 3.8) is 0 Å². The fraction of sp³-hybridized carbons (Fsp3) is 0.348. The summed E-state index contributed by atoms with van der Waals surface area (Å²) in [6.07, 6.45) is 3.65. The summed E-state index contributed by atoms with van der Waals surface area (Å²) in [7, 11) is 3.42. The average molecular weight is 454 g/mol. The van der Waals surface area contributed by atoms with E-state index in [2.05, 4.69) is 25.9 Å². The summed E-state index contributed by atoms with van der Waals surface area (Å²) in [5.41, 5.74) is 2.30. The maximum absolute atomic E-state index is 12.7. The number of carbonyl (C=O) groups is 1. The number of benzene rings is 1. The number of aromatic nitrogens is 4. The molecule has 0 spiro atoms. The first-order valence-electron chi connectivity index (χ1n) is 10.7. The van der Waals surface area contributed by atoms with E-state index in [1.54, 1.807) is 27.2 Å². The smallest absolute Gasteiger partial charge is 0.245 e. The van der Waals surface area contributed by atoms with Crippen LogP contribution in [0.1, 0.15) is 19.4 Å². The molecule has 1 amide bonds. The summed E-state index contributed by atoms with van der Waals surface area (Å²) < 4.78 is 19.9. The number of hydrogen-bond acceptors (Lipinski definition) is 6. The molecule has 0 aliphatic heterocycles. The van der Waals surface area contributed by atoms with Crippen LogP contribution in [0.3, 0.4) is 0 Å². The molecule has 0 bridgehead atoms. The quantitative estimate of drug-likeness (QED) is 0.310. The molecule has 0 radical (unpaired) electrons. The largest absolute Gasteiger partial charge is 0.495 e. The zero-order valence-corrected chi connectivity index (χ0v) is 19.1. The molecule has 10 heteroatoms. The zero-order chi connectivity index (χ0) is 23.6. The van der Waals surface area contributed by atoms with Gasteiger partial charge in [0.05, 0.1) is 24.9 Å². The van der Waals surface area contributed by atoms with Crippen LogP contribution in [-0.2, 0) is 11.3 Å². The van der Waals surface area contributed by atoms with Gasteiger partial charge in [0.25, 0.3) is 0 Å². The molecule has 4 rings (SSSR count). The number of amides is 1. The van der Waals surface area contributed by atoms with Crippen LogP contribution >= 0.6 is 0 Å². The summed E-state index contributed by atoms with van der Waals surface area (Å²) in [6, 6.07) is 7.68. The molecule has 0 aliphatic rings. The molecule has 0 unspecified atom stereocenters. The van der Waals surface area contributed by atoms with Crippen molar-refractivity contribution >= 4 is 39.3 Å². The summed E-state index contributed by atoms with van der Waals surface area (Å²) in [4.78, 5) is 20.2. The Balaban J connectivity index is 1.81. The third kappa shape index (κ3) is 4.28. The molecule has 0 saturated heterocycles. The highest BCUT2D eigenvalue weighted by Crippen LogP contribution is 2.35. The van der Waals surface area contributed by atoms with Gasteiger partial charge in [0.1, 0.15) is 29.4 Å². The molecular weight excluding hydrogens is 425 g/mol. The van der Waals surface area contributed by atoms with Crippen LogP contribution in [0.2, 0.25) is 0 Å². The summed E-state index contributed by atoms with van der Waals surface area (Å²) in [6.45, 7) is 3.29. The number of nitrogens with one attached hydrogen (secondary N) is 4. The van der Waals surface area contributed by atoms with Crippen molar-refractivity contribution < 1.29 is 13.9 Å². The van der Waals surface area contributed by atoms with Gasteiger partial charge in [0.2, 0.25) is 5.91 Å². The first-order chi connectivity index (χ1) is 15.9. The second kappa shape index (κ2) is 8.97. The molecule has 9 nitrogen and oxygen atoms in total. The van der Waals surface area contributed by atoms with E-state index in [9.17, 15) is 9.18 Å². The average Bonchev–Trinajstić information content (AvgIpc) is 3.37. The highest BCUT2D eigenvalue weighted by molar-refractivity contribution is 5.97. The van der Waals surface area contributed by atoms with Crippen LogP contribution < -0.4 is 20.7 Å². The van der Waals surface area contributed by atoms with Gasteiger partial charge in [-0.15, -0.1) is 0 Å². The van der Waals surface area contributed by atoms with Gasteiger partial charge >= 0.3 is 0 Å². The van der Waals surface area contributed by atoms with Crippen LogP contribution in [0.25, 0.3) is 21.9 Å². The Bertz CT molecular complexity index is 1290. The summed E-state index contributed by atoms with van der Waals surface area (Å²) in [5, 5.41) is 15.7. The second-order valence-corrected chi connectivity index (χ2v) is 8.23. The molecule has 4 aromatic rings. The van der Waals surface area contributed by atoms with Crippen molar-refractivity contribution in [2.75, 3.05) is 38.0 Å². The van der Waals surface area contributed by atoms with Gasteiger partial charge in [0.15, 0.2) is 0 Å². The van der Waals surface area contributed by atoms with E-state index in [-0.39, 0.29) is 12.5 Å². The predicted octanol–water partition coefficient (Wildman–Crippen LogP) is 3.29. The maximum Gasteiger partial charge on any atom is 0.245 e. The van der Waals surface area contributed by atoms with Gasteiger partial charge in [-0.2, -0.15) is 5.10 Å². The van der Waals surface area contributed by atoms with Crippen LogP contribution in [-0.4, -0.2) is 58.6 Å². The van der Waals surface area contributed by atoms with Crippen molar-refractivity contribution in [2.45, 2.75) is 25.9 Å². The normalized spacial score (nSPS) is 11.7. The number of H-pyrrole nitrogens is 1. The number of anilines is 2. The van der Waals surface area contributed by atoms with Gasteiger partial charge in [-0.05, 0) is 32.0 Å². The predicted molar refractivity (Wildman–Crippen MR) is 128 cm³/mol. The van der Waals surface area contributed by atoms with Crippen molar-refractivity contribution in [1.82, 2.24) is 25.1 Å². The standard InChI is InChI=1S/C23H28FN7O2/c1-23(2,22(32)27-9-7-24)29-21-16-10-18(25-3)19(33-4)11-17(16)30-31(21)13-14-12-28-20-15(14)6-5-8-26-20/h5-6,8,10-12,25,29H,7,9,13H2,1-4H3,(H,26,28)(H,27,32). The number of halogens is 1. The summed E-state index contributed by atoms with van der Waals surface area (Å²) >= 11 is 0. The monoisotopic (exact) mass is 453 g/mol. The second-order valence-electron chi connectivity index (χ2n) is 8.23. The number of pyridine rings is 1. The molecule has 33 heavy (non-hydrogen) atoms. The fourth-order valence-electron chi connectivity index (χ4n) is 3.81. The van der Waals surface area contributed by atoms with Crippen LogP contribution in [0, 0.1) is 0 Å². The molecule has 174 valence electrons. The van der Waals surface area contributed by atoms with E-state index in [0.717, 1.165) is 27.7 Å². The first-order valence-corrected chi connectivity index (χ1v) is 10.7. The van der Waals surface area contributed by atoms with E-state index >= 15 is 0 Å². The Hall–Kier alpha value is -3.82. The molecule has 1 aromatic carbocycles. The highest BCUT2D eigenvalue weighted by atomic mass is 19.1. The Kier molecular flexibility index (Phi) is 6.08. The number of fused-ring (bicyclic) bond motifs is 2. The van der Waals surface area contributed by atoms with Crippen LogP contribution in [0.15, 0.2) is 36.7 Å². The number of carbonyl (C=O) groups excluding carboxylic acids is 1. The number of ether oxygens (including phenoxy) is 1. The van der Waals surface area contributed by atoms with Gasteiger partial charge < -0.3 is 25.7 Å². The van der Waals surface area contributed by atoms with Crippen molar-refractivity contribution in [3.8, 4) is 5.75 Å². The number of hydrogen-bond donors (Lipinski definition) is 4. The molecule has 3 aromatic heterocycles. The number of rotatable bonds is 9. The van der Waals surface area contributed by atoms with E-state index in [0.29, 0.717) is 23.6 Å². The lowest BCUT2D eigenvalue weighted by Crippen LogP contribution is -2.48. The molecule has 0 fully saturated rings. The van der Waals surface area contributed by atoms with Gasteiger partial charge in [-0.1, -0.05) is 0 Å². The zero-order valence-electron chi connectivity index (χ0n) is 19.1. The molecule has 4 N–H and O–H groups in total. The molecular formula is C23H28FN7O2. The minimum absolute atomic E-state index is 0.0343. The maximum atomic E-state index is 12.7. The highest BCUT2D eigenvalue weighted by Gasteiger charge is 2.30. The third-order valence-corrected chi connectivity index (χ3v) is 5.56. The van der Waals surface area contributed by atoms with Crippen molar-refractivity contribution in [1.29, 1.82) is 0 Å². The number of alkyl halides is 1. The van der Waals surface area contributed by atoms with Gasteiger partial charge in [-0.25, -0.2) is 14.1 Å². The van der Waals surface area contributed by atoms with Crippen LogP contribution in [0.4, 0.5) is 15.9 Å². The first kappa shape index (κ1) is 22.4. The van der Waals surface area contributed by atoms with Crippen molar-refractivity contribution in [2.24, 2.45) is 0 Å². The van der Waals surface area contributed by atoms with E-state index in [1.165, 1.54) is 0 Å². The van der Waals surface area contributed by atoms with Crippen LogP contribution in [0.5, 0.6) is 5.75 Å². The minimum atomic E-state index is -1.01. The Morgan fingerprint density at radius 3 is 2.85 bits per heavy atom. The van der Waals surface area contributed by atoms with Gasteiger partial charge in [-0.3, -0.25) is 4.79 Å². The Morgan fingerprint density at radius 1 is 1.30 bits per heavy atom. The molecule has 0 saturated carbocycles. The van der Waals surface area contributed by atoms with E-state index in [4.69, 9.17) is 9.84 Å². The number of methoxy groups -OCH3 is 1. The molecule has 0 aliphatic carbocycles. The lowest BCUT2D eigenvalue weighted by Gasteiger charge is -2.26. The number of nitrogens with zero attached hydrogens (tertiary/aromatic N) is 3. The summed E-state index contributed by atoms with van der Waals surface area (Å²) in [5.74, 6) is 1.03. The minimum Gasteiger partial charge on any atom is -0.495 e. The third-order valence-electron chi connectivity index (χ3n) is 5.56. The fourth-order valence-corrected chi connectivity index (χ4v) is 3.81. The van der Waals surface area contributed by atoms with E-state index in [1.807, 2.05) is 42.2 Å². The number of aromatic amines is 1. The Morgan fingerprint density at radius 2 is 2.12 bits per heavy atom. The molecule has 3 heterocycles. The lowest BCUT2D eigenvalue weighted by atomic mass is 10.0.